The number of nitrogens with one attached hydrogen (secondary N) is 4. The monoisotopic (exact) mass is 1180 g/mol. The van der Waals surface area contributed by atoms with Crippen molar-refractivity contribution in [3.8, 4) is 0 Å². The number of nitrogens with zero attached hydrogens (tertiary/aromatic N) is 7. The molecule has 1 rings (SSSR count). The van der Waals surface area contributed by atoms with Gasteiger partial charge in [-0.1, -0.05) is 102 Å². The Morgan fingerprint density at radius 1 is 0.488 bits per heavy atom. The first kappa shape index (κ1) is 75.7. The van der Waals surface area contributed by atoms with Crippen LogP contribution < -0.4 is 21.3 Å². The van der Waals surface area contributed by atoms with Crippen LogP contribution in [0.15, 0.2) is 24.3 Å². The van der Waals surface area contributed by atoms with E-state index in [-0.39, 0.29) is 73.7 Å². The Labute approximate surface area is 503 Å². The van der Waals surface area contributed by atoms with Gasteiger partial charge in [0, 0.05) is 49.3 Å². The van der Waals surface area contributed by atoms with Crippen molar-refractivity contribution in [2.75, 3.05) is 55.9 Å². The van der Waals surface area contributed by atoms with Crippen molar-refractivity contribution >= 4 is 65.0 Å². The SMILES string of the molecule is C=C(C)[C@@H]1NC(=O)[C@H](CC(C)C)N(C)C(=O)CN(C)C(=O)[C@H](CC)NC(=O)C(C[C@H](C)C/C=C/C)N(C)C(=O)C(C(C)C)N(C)C(=O)[C@H](CC(C)C)N(C)C(=O)[C@H](CC(C)C)N(C)C(=O)[C@@H](C)NC(=O)[C@H](C)NC(=O)[C@H](CC(C)C)N(C)C1=O. The van der Waals surface area contributed by atoms with Crippen molar-refractivity contribution in [3.63, 3.8) is 0 Å². The number of rotatable bonds is 15. The van der Waals surface area contributed by atoms with Gasteiger partial charge in [-0.25, -0.2) is 0 Å². The molecular formula is C62H109N11O11. The predicted octanol–water partition coefficient (Wildman–Crippen LogP) is 4.22. The maximum absolute atomic E-state index is 15.1. The summed E-state index contributed by atoms with van der Waals surface area (Å²) in [7, 11) is 10.2. The summed E-state index contributed by atoms with van der Waals surface area (Å²) in [4.78, 5) is 169. The van der Waals surface area contributed by atoms with Crippen LogP contribution in [0.4, 0.5) is 0 Å². The third kappa shape index (κ3) is 21.6. The molecule has 11 atom stereocenters. The second-order valence-electron chi connectivity index (χ2n) is 25.6. The molecule has 0 spiro atoms. The molecule has 1 fully saturated rings. The molecule has 0 radical (unpaired) electrons. The maximum atomic E-state index is 15.1. The van der Waals surface area contributed by atoms with Crippen LogP contribution in [-0.4, -0.2) is 216 Å². The minimum atomic E-state index is -1.36. The molecule has 22 nitrogen and oxygen atoms in total. The predicted molar refractivity (Wildman–Crippen MR) is 327 cm³/mol. The fourth-order valence-corrected chi connectivity index (χ4v) is 10.5. The summed E-state index contributed by atoms with van der Waals surface area (Å²) in [5.41, 5.74) is 0.230. The van der Waals surface area contributed by atoms with E-state index in [9.17, 15) is 43.2 Å². The van der Waals surface area contributed by atoms with Crippen LogP contribution in [0, 0.1) is 35.5 Å². The molecular weight excluding hydrogens is 1070 g/mol. The van der Waals surface area contributed by atoms with Crippen molar-refractivity contribution < 1.29 is 52.7 Å². The second-order valence-corrected chi connectivity index (χ2v) is 25.6. The first-order valence-electron chi connectivity index (χ1n) is 30.1. The molecule has 0 aliphatic carbocycles. The highest BCUT2D eigenvalue weighted by atomic mass is 16.2. The van der Waals surface area contributed by atoms with Crippen LogP contribution in [0.25, 0.3) is 0 Å². The number of allylic oxidation sites excluding steroid dienone is 2. The highest BCUT2D eigenvalue weighted by molar-refractivity contribution is 6.00. The van der Waals surface area contributed by atoms with E-state index in [2.05, 4.69) is 27.8 Å². The van der Waals surface area contributed by atoms with Gasteiger partial charge < -0.3 is 55.6 Å². The van der Waals surface area contributed by atoms with E-state index < -0.39 is 138 Å². The number of likely N-dealkylation sites (N-methyl/N-ethyl adjacent to an activating group) is 7. The Bertz CT molecular complexity index is 2340. The normalized spacial score (nSPS) is 26.6. The molecule has 0 aromatic heterocycles. The fraction of sp³-hybridized carbons (Fsp3) is 0.758. The highest BCUT2D eigenvalue weighted by Gasteiger charge is 2.44. The van der Waals surface area contributed by atoms with E-state index in [0.29, 0.717) is 6.42 Å². The largest absolute Gasteiger partial charge is 0.343 e. The van der Waals surface area contributed by atoms with Crippen LogP contribution in [0.1, 0.15) is 156 Å². The molecule has 1 aliphatic rings. The first-order chi connectivity index (χ1) is 38.8. The zero-order chi connectivity index (χ0) is 65.1. The van der Waals surface area contributed by atoms with Crippen LogP contribution in [0.2, 0.25) is 0 Å². The molecule has 478 valence electrons. The number of hydrogen-bond donors (Lipinski definition) is 4. The molecule has 0 saturated carbocycles. The van der Waals surface area contributed by atoms with E-state index >= 15 is 9.59 Å². The van der Waals surface area contributed by atoms with E-state index in [1.165, 1.54) is 92.6 Å². The topological polar surface area (TPSA) is 259 Å². The number of carbonyl (C=O) groups is 11. The second kappa shape index (κ2) is 34.6. The van der Waals surface area contributed by atoms with Crippen molar-refractivity contribution in [1.82, 2.24) is 55.6 Å². The van der Waals surface area contributed by atoms with Gasteiger partial charge in [0.05, 0.1) is 6.54 Å². The molecule has 84 heavy (non-hydrogen) atoms. The number of hydrogen-bond acceptors (Lipinski definition) is 11. The zero-order valence-corrected chi connectivity index (χ0v) is 55.4. The molecule has 0 aromatic rings. The van der Waals surface area contributed by atoms with Gasteiger partial charge in [-0.3, -0.25) is 52.7 Å². The highest BCUT2D eigenvalue weighted by Crippen LogP contribution is 2.25. The lowest BCUT2D eigenvalue weighted by molar-refractivity contribution is -0.156. The summed E-state index contributed by atoms with van der Waals surface area (Å²) in [5.74, 6) is -8.13. The summed E-state index contributed by atoms with van der Waals surface area (Å²) >= 11 is 0. The van der Waals surface area contributed by atoms with Crippen LogP contribution in [0.5, 0.6) is 0 Å². The Morgan fingerprint density at radius 2 is 0.881 bits per heavy atom. The summed E-state index contributed by atoms with van der Waals surface area (Å²) in [6, 6.07) is -11.8. The fourth-order valence-electron chi connectivity index (χ4n) is 10.5. The van der Waals surface area contributed by atoms with Crippen molar-refractivity contribution in [2.45, 2.75) is 216 Å². The Morgan fingerprint density at radius 3 is 1.33 bits per heavy atom. The van der Waals surface area contributed by atoms with Crippen LogP contribution in [0.3, 0.4) is 0 Å². The molecule has 0 aromatic carbocycles. The average molecular weight is 1180 g/mol. The van der Waals surface area contributed by atoms with Crippen molar-refractivity contribution in [3.05, 3.63) is 24.3 Å². The third-order valence-corrected chi connectivity index (χ3v) is 15.7. The summed E-state index contributed by atoms with van der Waals surface area (Å²) in [6.07, 6.45) is 5.34. The van der Waals surface area contributed by atoms with E-state index in [0.717, 1.165) is 4.90 Å². The zero-order valence-electron chi connectivity index (χ0n) is 55.4. The summed E-state index contributed by atoms with van der Waals surface area (Å²) in [5, 5.41) is 11.0. The van der Waals surface area contributed by atoms with E-state index in [4.69, 9.17) is 0 Å². The van der Waals surface area contributed by atoms with E-state index in [1.807, 2.05) is 81.4 Å². The number of carbonyl (C=O) groups excluding carboxylic acids is 11. The molecule has 22 heteroatoms. The molecule has 1 heterocycles. The minimum Gasteiger partial charge on any atom is -0.343 e. The van der Waals surface area contributed by atoms with Gasteiger partial charge in [0.1, 0.15) is 60.4 Å². The molecule has 11 amide bonds. The molecule has 0 bridgehead atoms. The standard InChI is InChI=1S/C62H109N11O11/c1-25-27-28-41(15)33-47-55(77)65-44(26-2)58(80)67(18)34-50(74)68(19)45(29-35(3)4)56(78)66-51(39(11)12)61(83)69(20)46(30-36(5)6)54(76)63-42(16)53(75)64-43(17)57(79)71(22)48(31-37(7)8)59(81)72(23)49(32-38(9)10)60(82)73(24)52(40(13)14)62(84)70(47)21/h25,27,35-38,40-49,51-52H,11,26,28-34H2,1-10,12-24H3,(H,63,76)(H,64,75)(H,65,77)(H,66,78)/b27-25+/t41-,42+,43-,44+,45+,46+,47?,48+,49+,51+,52?/m1/s1. The van der Waals surface area contributed by atoms with Crippen LogP contribution >= 0.6 is 0 Å². The van der Waals surface area contributed by atoms with Gasteiger partial charge in [0.25, 0.3) is 0 Å². The lowest BCUT2D eigenvalue weighted by atomic mass is 9.93. The average Bonchev–Trinajstić information content (AvgIpc) is 3.61. The van der Waals surface area contributed by atoms with Gasteiger partial charge in [-0.2, -0.15) is 0 Å². The van der Waals surface area contributed by atoms with Crippen molar-refractivity contribution in [2.24, 2.45) is 35.5 Å². The Kier molecular flexibility index (Phi) is 31.1. The lowest BCUT2D eigenvalue weighted by Crippen LogP contribution is -2.61. The maximum Gasteiger partial charge on any atom is 0.249 e. The van der Waals surface area contributed by atoms with Gasteiger partial charge in [0.15, 0.2) is 0 Å². The van der Waals surface area contributed by atoms with Gasteiger partial charge >= 0.3 is 0 Å². The van der Waals surface area contributed by atoms with Crippen molar-refractivity contribution in [1.29, 1.82) is 0 Å². The summed E-state index contributed by atoms with van der Waals surface area (Å²) < 4.78 is 0. The van der Waals surface area contributed by atoms with Gasteiger partial charge in [-0.05, 0) is 114 Å². The number of amides is 11. The molecule has 1 aliphatic heterocycles. The lowest BCUT2D eigenvalue weighted by Gasteiger charge is -2.41. The van der Waals surface area contributed by atoms with Gasteiger partial charge in [0.2, 0.25) is 65.0 Å². The molecule has 1 saturated heterocycles. The molecule has 2 unspecified atom stereocenters. The third-order valence-electron chi connectivity index (χ3n) is 15.7. The quantitative estimate of drug-likeness (QED) is 0.169. The van der Waals surface area contributed by atoms with Crippen LogP contribution in [-0.2, 0) is 52.7 Å². The first-order valence-corrected chi connectivity index (χ1v) is 30.1. The summed E-state index contributed by atoms with van der Waals surface area (Å²) in [6.45, 7) is 32.0. The van der Waals surface area contributed by atoms with E-state index in [1.54, 1.807) is 27.7 Å². The van der Waals surface area contributed by atoms with Gasteiger partial charge in [-0.15, -0.1) is 0 Å². The molecule has 4 N–H and O–H groups in total. The smallest absolute Gasteiger partial charge is 0.249 e. The Balaban J connectivity index is 4.27. The Hall–Kier alpha value is -6.35. The minimum absolute atomic E-state index is 0.102.